The molecule has 0 aliphatic carbocycles. The monoisotopic (exact) mass is 295 g/mol. The molecule has 0 aliphatic heterocycles. The second-order valence-corrected chi connectivity index (χ2v) is 4.71. The second kappa shape index (κ2) is 8.11. The number of anilines is 2. The molecule has 1 aromatic rings. The van der Waals surface area contributed by atoms with E-state index in [1.54, 1.807) is 12.1 Å². The summed E-state index contributed by atoms with van der Waals surface area (Å²) in [7, 11) is 5.32. The Morgan fingerprint density at radius 2 is 1.90 bits per heavy atom. The number of methoxy groups -OCH3 is 1. The summed E-state index contributed by atoms with van der Waals surface area (Å²) < 4.78 is 4.82. The van der Waals surface area contributed by atoms with Crippen molar-refractivity contribution < 1.29 is 19.4 Å². The lowest BCUT2D eigenvalue weighted by atomic mass is 10.2. The van der Waals surface area contributed by atoms with E-state index in [0.29, 0.717) is 5.69 Å². The molecule has 21 heavy (non-hydrogen) atoms. The Morgan fingerprint density at radius 3 is 2.38 bits per heavy atom. The van der Waals surface area contributed by atoms with Gasteiger partial charge in [-0.05, 0) is 24.3 Å². The van der Waals surface area contributed by atoms with E-state index in [0.717, 1.165) is 5.69 Å². The first-order valence-electron chi connectivity index (χ1n) is 6.50. The average molecular weight is 295 g/mol. The summed E-state index contributed by atoms with van der Waals surface area (Å²) in [6.45, 7) is 0.259. The molecule has 0 spiro atoms. The highest BCUT2D eigenvalue weighted by molar-refractivity contribution is 5.92. The zero-order valence-electron chi connectivity index (χ0n) is 12.4. The van der Waals surface area contributed by atoms with Crippen LogP contribution in [-0.4, -0.2) is 51.0 Å². The topological polar surface area (TPSA) is 90.9 Å². The van der Waals surface area contributed by atoms with Crippen molar-refractivity contribution >= 4 is 23.4 Å². The van der Waals surface area contributed by atoms with Gasteiger partial charge in [-0.2, -0.15) is 0 Å². The van der Waals surface area contributed by atoms with Crippen LogP contribution in [0.1, 0.15) is 6.42 Å². The van der Waals surface area contributed by atoms with Crippen LogP contribution < -0.4 is 15.5 Å². The minimum absolute atomic E-state index is 0.207. The van der Waals surface area contributed by atoms with Crippen molar-refractivity contribution in [3.63, 3.8) is 0 Å². The van der Waals surface area contributed by atoms with Crippen LogP contribution in [0.15, 0.2) is 24.3 Å². The van der Waals surface area contributed by atoms with Gasteiger partial charge >= 0.3 is 12.0 Å². The predicted molar refractivity (Wildman–Crippen MR) is 80.8 cm³/mol. The Kier molecular flexibility index (Phi) is 6.48. The van der Waals surface area contributed by atoms with Crippen LogP contribution in [0.5, 0.6) is 0 Å². The maximum absolute atomic E-state index is 11.8. The molecular formula is C14H21N3O4. The molecule has 0 aromatic heterocycles. The summed E-state index contributed by atoms with van der Waals surface area (Å²) in [5, 5.41) is 14.0. The predicted octanol–water partition coefficient (Wildman–Crippen LogP) is 1.36. The normalized spacial score (nSPS) is 11.6. The molecule has 1 atom stereocenters. The first kappa shape index (κ1) is 16.8. The fraction of sp³-hybridized carbons (Fsp3) is 0.429. The fourth-order valence-corrected chi connectivity index (χ4v) is 1.66. The van der Waals surface area contributed by atoms with Gasteiger partial charge in [0.15, 0.2) is 0 Å². The molecule has 0 saturated carbocycles. The first-order chi connectivity index (χ1) is 9.93. The van der Waals surface area contributed by atoms with Gasteiger partial charge in [0.05, 0.1) is 0 Å². The van der Waals surface area contributed by atoms with E-state index >= 15 is 0 Å². The minimum atomic E-state index is -1.09. The van der Waals surface area contributed by atoms with Crippen LogP contribution in [-0.2, 0) is 9.53 Å². The summed E-state index contributed by atoms with van der Waals surface area (Å²) in [5.41, 5.74) is 1.60. The number of carbonyl (C=O) groups excluding carboxylic acids is 1. The van der Waals surface area contributed by atoms with Crippen molar-refractivity contribution in [1.82, 2.24) is 5.32 Å². The third-order valence-electron chi connectivity index (χ3n) is 2.86. The van der Waals surface area contributed by atoms with Gasteiger partial charge in [0.2, 0.25) is 0 Å². The average Bonchev–Trinajstić information content (AvgIpc) is 2.43. The Balaban J connectivity index is 2.57. The molecule has 7 heteroatoms. The number of rotatable bonds is 7. The van der Waals surface area contributed by atoms with Crippen molar-refractivity contribution in [2.75, 3.05) is 38.0 Å². The van der Waals surface area contributed by atoms with Crippen molar-refractivity contribution in [3.05, 3.63) is 24.3 Å². The molecule has 3 N–H and O–H groups in total. The quantitative estimate of drug-likeness (QED) is 0.706. The maximum Gasteiger partial charge on any atom is 0.326 e. The van der Waals surface area contributed by atoms with Gasteiger partial charge in [0.25, 0.3) is 0 Å². The fourth-order valence-electron chi connectivity index (χ4n) is 1.66. The number of nitrogens with one attached hydrogen (secondary N) is 2. The highest BCUT2D eigenvalue weighted by Gasteiger charge is 2.19. The molecule has 2 amide bonds. The van der Waals surface area contributed by atoms with Gasteiger partial charge in [-0.1, -0.05) is 0 Å². The van der Waals surface area contributed by atoms with Gasteiger partial charge in [-0.25, -0.2) is 9.59 Å². The summed E-state index contributed by atoms with van der Waals surface area (Å²) in [6, 6.07) is 5.67. The van der Waals surface area contributed by atoms with E-state index in [9.17, 15) is 9.59 Å². The van der Waals surface area contributed by atoms with Crippen LogP contribution in [0.3, 0.4) is 0 Å². The number of aliphatic carboxylic acids is 1. The van der Waals surface area contributed by atoms with E-state index in [-0.39, 0.29) is 13.0 Å². The molecule has 0 aliphatic rings. The molecule has 1 unspecified atom stereocenters. The third kappa shape index (κ3) is 5.70. The summed E-state index contributed by atoms with van der Waals surface area (Å²) in [4.78, 5) is 24.7. The molecule has 0 bridgehead atoms. The number of nitrogens with zero attached hydrogens (tertiary/aromatic N) is 1. The number of benzene rings is 1. The number of ether oxygens (including phenoxy) is 1. The van der Waals surface area contributed by atoms with Gasteiger partial charge in [-0.15, -0.1) is 0 Å². The lowest BCUT2D eigenvalue weighted by molar-refractivity contribution is -0.139. The summed E-state index contributed by atoms with van der Waals surface area (Å²) in [6.07, 6.45) is 0.207. The number of amides is 2. The Hall–Kier alpha value is -2.28. The standard InChI is InChI=1S/C14H21N3O4/c1-17(2)11-6-4-10(5-7-11)15-14(20)16-12(13(18)19)8-9-21-3/h4-7,12H,8-9H2,1-3H3,(H,18,19)(H2,15,16,20). The Labute approximate surface area is 123 Å². The highest BCUT2D eigenvalue weighted by Crippen LogP contribution is 2.15. The SMILES string of the molecule is COCCC(NC(=O)Nc1ccc(N(C)C)cc1)C(=O)O. The number of carboxylic acid groups (broad SMARTS) is 1. The molecule has 116 valence electrons. The number of urea groups is 1. The first-order valence-corrected chi connectivity index (χ1v) is 6.50. The second-order valence-electron chi connectivity index (χ2n) is 4.71. The van der Waals surface area contributed by atoms with Crippen molar-refractivity contribution in [3.8, 4) is 0 Å². The lowest BCUT2D eigenvalue weighted by Crippen LogP contribution is -2.43. The van der Waals surface area contributed by atoms with Crippen LogP contribution in [0.25, 0.3) is 0 Å². The van der Waals surface area contributed by atoms with Crippen LogP contribution >= 0.6 is 0 Å². The van der Waals surface area contributed by atoms with Crippen LogP contribution in [0.4, 0.5) is 16.2 Å². The zero-order chi connectivity index (χ0) is 15.8. The van der Waals surface area contributed by atoms with E-state index in [1.807, 2.05) is 31.1 Å². The van der Waals surface area contributed by atoms with Crippen LogP contribution in [0, 0.1) is 0 Å². The van der Waals surface area contributed by atoms with E-state index in [2.05, 4.69) is 10.6 Å². The number of carboxylic acids is 1. The Morgan fingerprint density at radius 1 is 1.29 bits per heavy atom. The molecule has 1 aromatic carbocycles. The molecule has 0 saturated heterocycles. The largest absolute Gasteiger partial charge is 0.480 e. The Bertz CT molecular complexity index is 474. The summed E-state index contributed by atoms with van der Waals surface area (Å²) >= 11 is 0. The molecule has 0 fully saturated rings. The molecule has 0 heterocycles. The molecule has 0 radical (unpaired) electrons. The lowest BCUT2D eigenvalue weighted by Gasteiger charge is -2.16. The van der Waals surface area contributed by atoms with Gasteiger partial charge < -0.3 is 25.4 Å². The number of carbonyl (C=O) groups is 2. The molecule has 7 nitrogen and oxygen atoms in total. The van der Waals surface area contributed by atoms with Gasteiger partial charge in [0, 0.05) is 45.6 Å². The third-order valence-corrected chi connectivity index (χ3v) is 2.86. The number of hydrogen-bond acceptors (Lipinski definition) is 4. The van der Waals surface area contributed by atoms with E-state index < -0.39 is 18.0 Å². The molecule has 1 rings (SSSR count). The maximum atomic E-state index is 11.8. The van der Waals surface area contributed by atoms with Gasteiger partial charge in [-0.3, -0.25) is 0 Å². The minimum Gasteiger partial charge on any atom is -0.480 e. The highest BCUT2D eigenvalue weighted by atomic mass is 16.5. The smallest absolute Gasteiger partial charge is 0.326 e. The van der Waals surface area contributed by atoms with E-state index in [1.165, 1.54) is 7.11 Å². The van der Waals surface area contributed by atoms with Gasteiger partial charge in [0.1, 0.15) is 6.04 Å². The van der Waals surface area contributed by atoms with E-state index in [4.69, 9.17) is 9.84 Å². The zero-order valence-corrected chi connectivity index (χ0v) is 12.4. The molecular weight excluding hydrogens is 274 g/mol. The van der Waals surface area contributed by atoms with Crippen molar-refractivity contribution in [2.24, 2.45) is 0 Å². The number of hydrogen-bond donors (Lipinski definition) is 3. The summed E-state index contributed by atoms with van der Waals surface area (Å²) in [5.74, 6) is -1.09. The van der Waals surface area contributed by atoms with Crippen molar-refractivity contribution in [1.29, 1.82) is 0 Å². The van der Waals surface area contributed by atoms with Crippen molar-refractivity contribution in [2.45, 2.75) is 12.5 Å². The van der Waals surface area contributed by atoms with Crippen LogP contribution in [0.2, 0.25) is 0 Å².